The Balaban J connectivity index is 2.09. The second-order valence-corrected chi connectivity index (χ2v) is 4.55. The van der Waals surface area contributed by atoms with E-state index < -0.39 is 12.6 Å². The first-order chi connectivity index (χ1) is 10.0. The number of halogens is 1. The molecule has 6 heteroatoms. The van der Waals surface area contributed by atoms with Crippen LogP contribution in [-0.2, 0) is 4.79 Å². The van der Waals surface area contributed by atoms with Crippen molar-refractivity contribution in [2.75, 3.05) is 6.61 Å². The first-order valence-corrected chi connectivity index (χ1v) is 6.39. The van der Waals surface area contributed by atoms with Gasteiger partial charge in [0, 0.05) is 6.21 Å². The summed E-state index contributed by atoms with van der Waals surface area (Å²) in [6.07, 6.45) is 1.61. The van der Waals surface area contributed by atoms with E-state index in [9.17, 15) is 9.90 Å². The third kappa shape index (κ3) is 4.50. The van der Waals surface area contributed by atoms with Gasteiger partial charge in [-0.05, 0) is 48.0 Å². The molecular weight excluding hydrogens is 294 g/mol. The molecule has 0 spiro atoms. The molecule has 0 unspecified atom stereocenters. The molecule has 0 amide bonds. The molecule has 108 valence electrons. The second-order valence-electron chi connectivity index (χ2n) is 4.15. The highest BCUT2D eigenvalue weighted by atomic mass is 35.5. The maximum absolute atomic E-state index is 10.4. The Hall–Kier alpha value is -2.53. The molecule has 0 aliphatic rings. The first kappa shape index (κ1) is 14.9. The van der Waals surface area contributed by atoms with Gasteiger partial charge in [-0.25, -0.2) is 4.79 Å². The van der Waals surface area contributed by atoms with E-state index in [2.05, 4.69) is 4.99 Å². The molecule has 2 N–H and O–H groups in total. The van der Waals surface area contributed by atoms with Crippen molar-refractivity contribution in [2.45, 2.75) is 0 Å². The van der Waals surface area contributed by atoms with Crippen LogP contribution in [0.25, 0.3) is 0 Å². The van der Waals surface area contributed by atoms with Crippen molar-refractivity contribution in [1.29, 1.82) is 0 Å². The lowest BCUT2D eigenvalue weighted by Gasteiger charge is -2.05. The summed E-state index contributed by atoms with van der Waals surface area (Å²) < 4.78 is 5.03. The molecule has 0 aliphatic carbocycles. The molecule has 0 fully saturated rings. The number of nitrogens with zero attached hydrogens (tertiary/aromatic N) is 1. The number of aromatic hydroxyl groups is 1. The number of carbonyl (C=O) groups is 1. The number of aliphatic carboxylic acids is 1. The Morgan fingerprint density at radius 3 is 2.57 bits per heavy atom. The number of ether oxygens (including phenoxy) is 1. The van der Waals surface area contributed by atoms with Crippen LogP contribution in [0.4, 0.5) is 5.69 Å². The third-order valence-corrected chi connectivity index (χ3v) is 2.81. The maximum Gasteiger partial charge on any atom is 0.341 e. The number of carboxylic acids is 1. The second kappa shape index (κ2) is 6.76. The molecule has 0 saturated heterocycles. The molecule has 0 radical (unpaired) electrons. The number of rotatable bonds is 5. The molecule has 0 saturated carbocycles. The highest BCUT2D eigenvalue weighted by Crippen LogP contribution is 2.25. The molecule has 0 bridgehead atoms. The van der Waals surface area contributed by atoms with E-state index in [1.807, 2.05) is 0 Å². The average Bonchev–Trinajstić information content (AvgIpc) is 2.45. The lowest BCUT2D eigenvalue weighted by Crippen LogP contribution is -2.09. The van der Waals surface area contributed by atoms with Gasteiger partial charge in [0.1, 0.15) is 11.5 Å². The van der Waals surface area contributed by atoms with E-state index in [0.29, 0.717) is 16.5 Å². The number of hydrogen-bond acceptors (Lipinski definition) is 4. The van der Waals surface area contributed by atoms with Gasteiger partial charge in [0.05, 0.1) is 10.7 Å². The SMILES string of the molecule is O=C(O)COc1ccc(C=Nc2ccc(O)cc2)cc1Cl. The summed E-state index contributed by atoms with van der Waals surface area (Å²) in [5.74, 6) is -0.582. The Morgan fingerprint density at radius 1 is 1.24 bits per heavy atom. The van der Waals surface area contributed by atoms with Gasteiger partial charge < -0.3 is 14.9 Å². The smallest absolute Gasteiger partial charge is 0.341 e. The van der Waals surface area contributed by atoms with Crippen LogP contribution in [0.15, 0.2) is 47.5 Å². The number of hydrogen-bond donors (Lipinski definition) is 2. The molecule has 5 nitrogen and oxygen atoms in total. The number of phenols is 1. The largest absolute Gasteiger partial charge is 0.508 e. The predicted octanol–water partition coefficient (Wildman–Crippen LogP) is 3.26. The fourth-order valence-electron chi connectivity index (χ4n) is 1.54. The zero-order valence-electron chi connectivity index (χ0n) is 10.9. The Kier molecular flexibility index (Phi) is 4.79. The van der Waals surface area contributed by atoms with E-state index in [4.69, 9.17) is 21.4 Å². The Bertz CT molecular complexity index is 668. The lowest BCUT2D eigenvalue weighted by atomic mass is 10.2. The van der Waals surface area contributed by atoms with Crippen LogP contribution in [0.5, 0.6) is 11.5 Å². The fourth-order valence-corrected chi connectivity index (χ4v) is 1.79. The number of phenolic OH excluding ortho intramolecular Hbond substituents is 1. The minimum absolute atomic E-state index is 0.178. The summed E-state index contributed by atoms with van der Waals surface area (Å²) in [6, 6.07) is 11.4. The monoisotopic (exact) mass is 305 g/mol. The van der Waals surface area contributed by atoms with E-state index in [-0.39, 0.29) is 5.75 Å². The van der Waals surface area contributed by atoms with E-state index >= 15 is 0 Å². The molecule has 2 rings (SSSR count). The van der Waals surface area contributed by atoms with Crippen LogP contribution >= 0.6 is 11.6 Å². The van der Waals surface area contributed by atoms with E-state index in [1.165, 1.54) is 0 Å². The average molecular weight is 306 g/mol. The number of carboxylic acid groups (broad SMARTS) is 1. The van der Waals surface area contributed by atoms with Crippen molar-refractivity contribution >= 4 is 29.5 Å². The summed E-state index contributed by atoms with van der Waals surface area (Å²) in [7, 11) is 0. The van der Waals surface area contributed by atoms with Gasteiger partial charge in [-0.1, -0.05) is 11.6 Å². The molecule has 2 aromatic carbocycles. The van der Waals surface area contributed by atoms with Crippen molar-refractivity contribution in [1.82, 2.24) is 0 Å². The van der Waals surface area contributed by atoms with Crippen LogP contribution in [0, 0.1) is 0 Å². The summed E-state index contributed by atoms with van der Waals surface area (Å²) >= 11 is 6.00. The van der Waals surface area contributed by atoms with Crippen molar-refractivity contribution in [3.8, 4) is 11.5 Å². The van der Waals surface area contributed by atoms with E-state index in [0.717, 1.165) is 5.56 Å². The van der Waals surface area contributed by atoms with Crippen molar-refractivity contribution in [3.63, 3.8) is 0 Å². The van der Waals surface area contributed by atoms with Crippen molar-refractivity contribution < 1.29 is 19.7 Å². The minimum atomic E-state index is -1.07. The van der Waals surface area contributed by atoms with Crippen molar-refractivity contribution in [3.05, 3.63) is 53.1 Å². The Morgan fingerprint density at radius 2 is 1.95 bits per heavy atom. The molecule has 0 atom stereocenters. The summed E-state index contributed by atoms with van der Waals surface area (Å²) in [4.78, 5) is 14.7. The van der Waals surface area contributed by atoms with Gasteiger partial charge in [-0.15, -0.1) is 0 Å². The van der Waals surface area contributed by atoms with Crippen LogP contribution in [0.1, 0.15) is 5.56 Å². The highest BCUT2D eigenvalue weighted by Gasteiger charge is 2.04. The minimum Gasteiger partial charge on any atom is -0.508 e. The zero-order chi connectivity index (χ0) is 15.2. The topological polar surface area (TPSA) is 79.1 Å². The quantitative estimate of drug-likeness (QED) is 0.831. The standard InChI is InChI=1S/C15H12ClNO4/c16-13-7-10(1-6-14(13)21-9-15(19)20)8-17-11-2-4-12(18)5-3-11/h1-8,18H,9H2,(H,19,20). The summed E-state index contributed by atoms with van der Waals surface area (Å²) in [6.45, 7) is -0.444. The van der Waals surface area contributed by atoms with Gasteiger partial charge in [0.2, 0.25) is 0 Å². The first-order valence-electron chi connectivity index (χ1n) is 6.02. The van der Waals surface area contributed by atoms with E-state index in [1.54, 1.807) is 48.7 Å². The molecule has 0 aromatic heterocycles. The number of benzene rings is 2. The predicted molar refractivity (Wildman–Crippen MR) is 79.9 cm³/mol. The van der Waals surface area contributed by atoms with Crippen LogP contribution in [0.3, 0.4) is 0 Å². The Labute approximate surface area is 126 Å². The zero-order valence-corrected chi connectivity index (χ0v) is 11.6. The highest BCUT2D eigenvalue weighted by molar-refractivity contribution is 6.32. The lowest BCUT2D eigenvalue weighted by molar-refractivity contribution is -0.139. The van der Waals surface area contributed by atoms with Crippen LogP contribution in [0.2, 0.25) is 5.02 Å². The fraction of sp³-hybridized carbons (Fsp3) is 0.0667. The molecule has 21 heavy (non-hydrogen) atoms. The molecule has 2 aromatic rings. The van der Waals surface area contributed by atoms with Gasteiger partial charge in [-0.2, -0.15) is 0 Å². The maximum atomic E-state index is 10.4. The summed E-state index contributed by atoms with van der Waals surface area (Å²) in [5.41, 5.74) is 1.44. The molecule has 0 aliphatic heterocycles. The molecule has 0 heterocycles. The van der Waals surface area contributed by atoms with Gasteiger partial charge in [0.25, 0.3) is 0 Å². The van der Waals surface area contributed by atoms with Gasteiger partial charge in [0.15, 0.2) is 6.61 Å². The van der Waals surface area contributed by atoms with Gasteiger partial charge >= 0.3 is 5.97 Å². The normalized spacial score (nSPS) is 10.7. The number of aliphatic imine (C=N–C) groups is 1. The summed E-state index contributed by atoms with van der Waals surface area (Å²) in [5, 5.41) is 18.0. The van der Waals surface area contributed by atoms with Crippen LogP contribution < -0.4 is 4.74 Å². The molecular formula is C15H12ClNO4. The van der Waals surface area contributed by atoms with Crippen molar-refractivity contribution in [2.24, 2.45) is 4.99 Å². The van der Waals surface area contributed by atoms with Crippen LogP contribution in [-0.4, -0.2) is 29.0 Å². The third-order valence-electron chi connectivity index (χ3n) is 2.52. The van der Waals surface area contributed by atoms with Gasteiger partial charge in [-0.3, -0.25) is 4.99 Å².